The minimum atomic E-state index is -0.0538. The number of nitrogens with one attached hydrogen (secondary N) is 1. The molecule has 0 atom stereocenters. The van der Waals surface area contributed by atoms with Crippen molar-refractivity contribution < 1.29 is 0 Å². The Morgan fingerprint density at radius 3 is 2.75 bits per heavy atom. The summed E-state index contributed by atoms with van der Waals surface area (Å²) in [6.07, 6.45) is 0. The minimum Gasteiger partial charge on any atom is -0.384 e. The van der Waals surface area contributed by atoms with Crippen molar-refractivity contribution in [1.82, 2.24) is 4.98 Å². The summed E-state index contributed by atoms with van der Waals surface area (Å²) in [6.45, 7) is 1.73. The van der Waals surface area contributed by atoms with Crippen LogP contribution in [0.25, 0.3) is 0 Å². The smallest absolute Gasteiger partial charge is 0.142 e. The molecule has 1 aromatic rings. The van der Waals surface area contributed by atoms with Crippen molar-refractivity contribution in [2.75, 3.05) is 5.73 Å². The Morgan fingerprint density at radius 2 is 2.25 bits per heavy atom. The van der Waals surface area contributed by atoms with E-state index in [1.54, 1.807) is 13.0 Å². The third kappa shape index (κ3) is 1.48. The molecule has 0 aliphatic rings. The molecular formula is C7H9ClN4. The highest BCUT2D eigenvalue weighted by Crippen LogP contribution is 2.19. The second-order valence-corrected chi connectivity index (χ2v) is 2.81. The maximum atomic E-state index is 7.18. The number of aryl methyl sites for hydroxylation is 1. The molecule has 1 rings (SSSR count). The molecule has 0 aliphatic carbocycles. The Balaban J connectivity index is 3.33. The van der Waals surface area contributed by atoms with Crippen LogP contribution in [0.5, 0.6) is 0 Å². The van der Waals surface area contributed by atoms with Crippen LogP contribution in [-0.2, 0) is 0 Å². The second-order valence-electron chi connectivity index (χ2n) is 2.40. The Morgan fingerprint density at radius 1 is 1.67 bits per heavy atom. The van der Waals surface area contributed by atoms with Crippen molar-refractivity contribution in [3.63, 3.8) is 0 Å². The molecule has 5 N–H and O–H groups in total. The lowest BCUT2D eigenvalue weighted by Gasteiger charge is -2.04. The highest BCUT2D eigenvalue weighted by atomic mass is 35.5. The lowest BCUT2D eigenvalue weighted by atomic mass is 10.2. The van der Waals surface area contributed by atoms with E-state index in [9.17, 15) is 0 Å². The topological polar surface area (TPSA) is 88.8 Å². The highest BCUT2D eigenvalue weighted by Gasteiger charge is 2.06. The third-order valence-electron chi connectivity index (χ3n) is 1.48. The number of anilines is 1. The van der Waals surface area contributed by atoms with Gasteiger partial charge in [0.15, 0.2) is 0 Å². The van der Waals surface area contributed by atoms with Crippen LogP contribution in [-0.4, -0.2) is 10.8 Å². The number of rotatable bonds is 1. The predicted octanol–water partition coefficient (Wildman–Crippen LogP) is 0.910. The number of hydrogen-bond donors (Lipinski definition) is 3. The Labute approximate surface area is 75.0 Å². The molecule has 0 amide bonds. The number of nitrogens with two attached hydrogens (primary N) is 2. The van der Waals surface area contributed by atoms with Crippen LogP contribution in [0.15, 0.2) is 6.07 Å². The normalized spacial score (nSPS) is 9.83. The van der Waals surface area contributed by atoms with E-state index in [0.717, 1.165) is 0 Å². The van der Waals surface area contributed by atoms with Crippen molar-refractivity contribution >= 4 is 23.3 Å². The van der Waals surface area contributed by atoms with Crippen molar-refractivity contribution in [2.24, 2.45) is 5.73 Å². The fourth-order valence-electron chi connectivity index (χ4n) is 0.872. The van der Waals surface area contributed by atoms with Crippen LogP contribution in [0.1, 0.15) is 11.3 Å². The van der Waals surface area contributed by atoms with E-state index >= 15 is 0 Å². The summed E-state index contributed by atoms with van der Waals surface area (Å²) in [5.41, 5.74) is 11.9. The minimum absolute atomic E-state index is 0.0538. The van der Waals surface area contributed by atoms with Gasteiger partial charge in [0.1, 0.15) is 11.7 Å². The van der Waals surface area contributed by atoms with E-state index in [1.807, 2.05) is 0 Å². The zero-order chi connectivity index (χ0) is 9.30. The van der Waals surface area contributed by atoms with E-state index in [2.05, 4.69) is 4.98 Å². The van der Waals surface area contributed by atoms with Gasteiger partial charge >= 0.3 is 0 Å². The van der Waals surface area contributed by atoms with E-state index in [4.69, 9.17) is 28.5 Å². The van der Waals surface area contributed by atoms with Gasteiger partial charge in [0.25, 0.3) is 0 Å². The average molecular weight is 185 g/mol. The molecule has 0 saturated heterocycles. The van der Waals surface area contributed by atoms with Crippen molar-refractivity contribution in [1.29, 1.82) is 5.41 Å². The van der Waals surface area contributed by atoms with Crippen LogP contribution in [0, 0.1) is 12.3 Å². The van der Waals surface area contributed by atoms with Crippen LogP contribution in [0.4, 0.5) is 5.82 Å². The molecule has 0 saturated carbocycles. The third-order valence-corrected chi connectivity index (χ3v) is 1.79. The Hall–Kier alpha value is -1.29. The number of pyridine rings is 1. The molecule has 4 nitrogen and oxygen atoms in total. The van der Waals surface area contributed by atoms with Gasteiger partial charge in [-0.2, -0.15) is 0 Å². The number of halogens is 1. The van der Waals surface area contributed by atoms with Gasteiger partial charge in [-0.3, -0.25) is 5.41 Å². The van der Waals surface area contributed by atoms with Crippen LogP contribution < -0.4 is 11.5 Å². The van der Waals surface area contributed by atoms with Crippen molar-refractivity contribution in [3.05, 3.63) is 22.3 Å². The summed E-state index contributed by atoms with van der Waals surface area (Å²) >= 11 is 5.69. The quantitative estimate of drug-likeness (QED) is 0.448. The molecule has 64 valence electrons. The molecule has 0 radical (unpaired) electrons. The molecule has 0 spiro atoms. The maximum Gasteiger partial charge on any atom is 0.142 e. The Bertz CT molecular complexity index is 334. The predicted molar refractivity (Wildman–Crippen MR) is 49.4 cm³/mol. The van der Waals surface area contributed by atoms with Crippen LogP contribution in [0.3, 0.4) is 0 Å². The SMILES string of the molecule is Cc1nc(N)c(Cl)cc1C(=N)N. The molecule has 5 heteroatoms. The highest BCUT2D eigenvalue weighted by molar-refractivity contribution is 6.33. The number of nitrogen functional groups attached to an aromatic ring is 2. The molecule has 0 aromatic carbocycles. The number of nitrogens with zero attached hydrogens (tertiary/aromatic N) is 1. The zero-order valence-corrected chi connectivity index (χ0v) is 7.31. The summed E-state index contributed by atoms with van der Waals surface area (Å²) in [5.74, 6) is 0.209. The van der Waals surface area contributed by atoms with Gasteiger partial charge in [0.05, 0.1) is 10.7 Å². The van der Waals surface area contributed by atoms with Gasteiger partial charge in [-0.1, -0.05) is 11.6 Å². The van der Waals surface area contributed by atoms with Gasteiger partial charge < -0.3 is 11.5 Å². The van der Waals surface area contributed by atoms with Crippen LogP contribution in [0.2, 0.25) is 5.02 Å². The summed E-state index contributed by atoms with van der Waals surface area (Å²) < 4.78 is 0. The number of hydrogen-bond acceptors (Lipinski definition) is 3. The summed E-state index contributed by atoms with van der Waals surface area (Å²) in [6, 6.07) is 1.54. The maximum absolute atomic E-state index is 7.18. The Kier molecular flexibility index (Phi) is 2.19. The first kappa shape index (κ1) is 8.80. The molecule has 12 heavy (non-hydrogen) atoms. The lowest BCUT2D eigenvalue weighted by Crippen LogP contribution is -2.14. The molecular weight excluding hydrogens is 176 g/mol. The van der Waals surface area contributed by atoms with Gasteiger partial charge in [-0.25, -0.2) is 4.98 Å². The van der Waals surface area contributed by atoms with E-state index < -0.39 is 0 Å². The molecule has 0 bridgehead atoms. The van der Waals surface area contributed by atoms with Gasteiger partial charge in [0.2, 0.25) is 0 Å². The van der Waals surface area contributed by atoms with Crippen molar-refractivity contribution in [2.45, 2.75) is 6.92 Å². The van der Waals surface area contributed by atoms with Crippen molar-refractivity contribution in [3.8, 4) is 0 Å². The summed E-state index contributed by atoms with van der Waals surface area (Å²) in [5, 5.41) is 7.51. The number of amidine groups is 1. The molecule has 1 heterocycles. The fourth-order valence-corrected chi connectivity index (χ4v) is 1.02. The number of aromatic nitrogens is 1. The monoisotopic (exact) mass is 184 g/mol. The van der Waals surface area contributed by atoms with E-state index in [-0.39, 0.29) is 11.7 Å². The molecule has 0 aliphatic heterocycles. The van der Waals surface area contributed by atoms with Gasteiger partial charge in [-0.15, -0.1) is 0 Å². The first-order valence-corrected chi connectivity index (χ1v) is 3.67. The fraction of sp³-hybridized carbons (Fsp3) is 0.143. The summed E-state index contributed by atoms with van der Waals surface area (Å²) in [7, 11) is 0. The lowest BCUT2D eigenvalue weighted by molar-refractivity contribution is 1.19. The first-order valence-electron chi connectivity index (χ1n) is 3.29. The largest absolute Gasteiger partial charge is 0.384 e. The summed E-state index contributed by atoms with van der Waals surface area (Å²) in [4.78, 5) is 3.92. The van der Waals surface area contributed by atoms with Gasteiger partial charge in [0, 0.05) is 5.56 Å². The first-order chi connectivity index (χ1) is 5.52. The zero-order valence-electron chi connectivity index (χ0n) is 6.56. The van der Waals surface area contributed by atoms with E-state index in [0.29, 0.717) is 16.3 Å². The molecule has 1 aromatic heterocycles. The van der Waals surface area contributed by atoms with Crippen LogP contribution >= 0.6 is 11.6 Å². The molecule has 0 unspecified atom stereocenters. The molecule has 0 fully saturated rings. The van der Waals surface area contributed by atoms with E-state index in [1.165, 1.54) is 0 Å². The van der Waals surface area contributed by atoms with Gasteiger partial charge in [-0.05, 0) is 13.0 Å². The second kappa shape index (κ2) is 2.98. The average Bonchev–Trinajstić information content (AvgIpc) is 1.96. The standard InChI is InChI=1S/C7H9ClN4/c1-3-4(6(9)10)2-5(8)7(11)12-3/h2H,1H3,(H3,9,10)(H2,11,12).